The van der Waals surface area contributed by atoms with Crippen molar-refractivity contribution in [2.45, 2.75) is 13.5 Å². The Morgan fingerprint density at radius 3 is 2.61 bits per heavy atom. The molecule has 3 aromatic carbocycles. The monoisotopic (exact) mass is 455 g/mol. The van der Waals surface area contributed by atoms with Crippen molar-refractivity contribution in [1.29, 1.82) is 0 Å². The molecule has 0 fully saturated rings. The van der Waals surface area contributed by atoms with Crippen molar-refractivity contribution in [2.24, 2.45) is 0 Å². The highest BCUT2D eigenvalue weighted by atomic mass is 32.1. The van der Waals surface area contributed by atoms with Gasteiger partial charge in [0.15, 0.2) is 17.3 Å². The molecular formula is C26H21N3O3S. The van der Waals surface area contributed by atoms with Crippen LogP contribution in [-0.2, 0) is 6.61 Å². The van der Waals surface area contributed by atoms with Crippen LogP contribution in [0, 0.1) is 6.92 Å². The third kappa shape index (κ3) is 4.23. The van der Waals surface area contributed by atoms with Crippen molar-refractivity contribution < 1.29 is 9.47 Å². The van der Waals surface area contributed by atoms with Gasteiger partial charge < -0.3 is 9.47 Å². The molecule has 0 amide bonds. The maximum Gasteiger partial charge on any atom is 0.276 e. The van der Waals surface area contributed by atoms with Crippen molar-refractivity contribution in [2.75, 3.05) is 7.11 Å². The van der Waals surface area contributed by atoms with Gasteiger partial charge in [0.1, 0.15) is 6.61 Å². The summed E-state index contributed by atoms with van der Waals surface area (Å²) in [5, 5.41) is 8.45. The highest BCUT2D eigenvalue weighted by Gasteiger charge is 2.14. The molecule has 164 valence electrons. The molecule has 0 saturated heterocycles. The van der Waals surface area contributed by atoms with Crippen LogP contribution in [0.3, 0.4) is 0 Å². The normalized spacial score (nSPS) is 11.8. The Hall–Kier alpha value is -3.97. The zero-order valence-corrected chi connectivity index (χ0v) is 19.0. The van der Waals surface area contributed by atoms with E-state index in [1.807, 2.05) is 85.8 Å². The van der Waals surface area contributed by atoms with Crippen molar-refractivity contribution in [3.05, 3.63) is 104 Å². The van der Waals surface area contributed by atoms with Gasteiger partial charge in [0.05, 0.1) is 11.6 Å². The summed E-state index contributed by atoms with van der Waals surface area (Å²) in [7, 11) is 1.60. The van der Waals surface area contributed by atoms with Crippen LogP contribution in [0.1, 0.15) is 16.7 Å². The van der Waals surface area contributed by atoms with Gasteiger partial charge in [-0.25, -0.2) is 4.40 Å². The number of nitrogens with zero attached hydrogens (tertiary/aromatic N) is 3. The van der Waals surface area contributed by atoms with E-state index in [1.54, 1.807) is 11.5 Å². The first-order valence-corrected chi connectivity index (χ1v) is 11.3. The minimum Gasteiger partial charge on any atom is -0.493 e. The summed E-state index contributed by atoms with van der Waals surface area (Å²) in [6.07, 6.45) is 1.84. The van der Waals surface area contributed by atoms with Crippen LogP contribution in [0.25, 0.3) is 22.4 Å². The second-order valence-corrected chi connectivity index (χ2v) is 8.62. The minimum absolute atomic E-state index is 0.139. The average Bonchev–Trinajstić information content (AvgIpc) is 3.39. The predicted octanol–water partition coefficient (Wildman–Crippen LogP) is 4.26. The van der Waals surface area contributed by atoms with Gasteiger partial charge in [-0.15, -0.1) is 10.2 Å². The van der Waals surface area contributed by atoms with E-state index >= 15 is 0 Å². The van der Waals surface area contributed by atoms with Crippen LogP contribution in [0.15, 0.2) is 77.6 Å². The molecule has 0 radical (unpaired) electrons. The maximum atomic E-state index is 13.2. The van der Waals surface area contributed by atoms with Crippen LogP contribution in [0.5, 0.6) is 11.5 Å². The SMILES string of the molecule is COc1cc(/C=c2\sc3nnc(-c4cccc(C)c4)n3c2=O)ccc1OCc1ccccc1. The van der Waals surface area contributed by atoms with Gasteiger partial charge in [-0.05, 0) is 42.3 Å². The second kappa shape index (κ2) is 8.88. The molecule has 2 aromatic heterocycles. The fraction of sp³-hybridized carbons (Fsp3) is 0.115. The molecule has 0 aliphatic heterocycles. The summed E-state index contributed by atoms with van der Waals surface area (Å²) in [6.45, 7) is 2.45. The van der Waals surface area contributed by atoms with E-state index in [0.717, 1.165) is 22.3 Å². The first-order valence-electron chi connectivity index (χ1n) is 10.4. The lowest BCUT2D eigenvalue weighted by Gasteiger charge is -2.11. The molecule has 6 nitrogen and oxygen atoms in total. The van der Waals surface area contributed by atoms with Crippen LogP contribution >= 0.6 is 11.3 Å². The molecule has 33 heavy (non-hydrogen) atoms. The van der Waals surface area contributed by atoms with Crippen molar-refractivity contribution >= 4 is 22.4 Å². The molecule has 0 N–H and O–H groups in total. The molecule has 0 saturated carbocycles. The fourth-order valence-electron chi connectivity index (χ4n) is 3.61. The van der Waals surface area contributed by atoms with E-state index in [9.17, 15) is 4.79 Å². The maximum absolute atomic E-state index is 13.2. The Bertz CT molecular complexity index is 1540. The highest BCUT2D eigenvalue weighted by molar-refractivity contribution is 7.15. The fourth-order valence-corrected chi connectivity index (χ4v) is 4.53. The van der Waals surface area contributed by atoms with Gasteiger partial charge in [0.2, 0.25) is 4.96 Å². The van der Waals surface area contributed by atoms with Gasteiger partial charge in [-0.2, -0.15) is 0 Å². The zero-order chi connectivity index (χ0) is 22.8. The van der Waals surface area contributed by atoms with E-state index < -0.39 is 0 Å². The summed E-state index contributed by atoms with van der Waals surface area (Å²) in [5.74, 6) is 1.81. The van der Waals surface area contributed by atoms with Crippen LogP contribution < -0.4 is 19.6 Å². The van der Waals surface area contributed by atoms with Gasteiger partial charge >= 0.3 is 0 Å². The first-order chi connectivity index (χ1) is 16.1. The quantitative estimate of drug-likeness (QED) is 0.383. The molecule has 7 heteroatoms. The average molecular weight is 456 g/mol. The Morgan fingerprint density at radius 2 is 1.82 bits per heavy atom. The minimum atomic E-state index is -0.139. The molecule has 0 unspecified atom stereocenters. The third-order valence-electron chi connectivity index (χ3n) is 5.25. The van der Waals surface area contributed by atoms with Gasteiger partial charge in [-0.3, -0.25) is 4.79 Å². The van der Waals surface area contributed by atoms with E-state index in [2.05, 4.69) is 10.2 Å². The summed E-state index contributed by atoms with van der Waals surface area (Å²) in [4.78, 5) is 13.7. The van der Waals surface area contributed by atoms with E-state index in [0.29, 0.717) is 33.4 Å². The Kier molecular flexibility index (Phi) is 5.62. The molecule has 5 aromatic rings. The number of methoxy groups -OCH3 is 1. The topological polar surface area (TPSA) is 65.7 Å². The lowest BCUT2D eigenvalue weighted by molar-refractivity contribution is 0.284. The van der Waals surface area contributed by atoms with Crippen molar-refractivity contribution in [1.82, 2.24) is 14.6 Å². The largest absolute Gasteiger partial charge is 0.493 e. The molecule has 0 aliphatic carbocycles. The number of aryl methyl sites for hydroxylation is 1. The number of ether oxygens (including phenoxy) is 2. The lowest BCUT2D eigenvalue weighted by Crippen LogP contribution is -2.23. The second-order valence-electron chi connectivity index (χ2n) is 7.61. The Morgan fingerprint density at radius 1 is 0.970 bits per heavy atom. The molecular weight excluding hydrogens is 434 g/mol. The number of hydrogen-bond donors (Lipinski definition) is 0. The number of rotatable bonds is 6. The summed E-state index contributed by atoms with van der Waals surface area (Å²) < 4.78 is 13.6. The lowest BCUT2D eigenvalue weighted by atomic mass is 10.1. The Labute approximate surface area is 194 Å². The van der Waals surface area contributed by atoms with Crippen LogP contribution in [0.4, 0.5) is 0 Å². The number of thiazole rings is 1. The van der Waals surface area contributed by atoms with Crippen molar-refractivity contribution in [3.8, 4) is 22.9 Å². The number of benzene rings is 3. The first kappa shape index (κ1) is 20.9. The molecule has 0 bridgehead atoms. The van der Waals surface area contributed by atoms with Gasteiger partial charge in [0.25, 0.3) is 5.56 Å². The smallest absolute Gasteiger partial charge is 0.276 e. The third-order valence-corrected chi connectivity index (χ3v) is 6.21. The molecule has 0 aliphatic rings. The van der Waals surface area contributed by atoms with Gasteiger partial charge in [0, 0.05) is 5.56 Å². The Balaban J connectivity index is 1.48. The predicted molar refractivity (Wildman–Crippen MR) is 130 cm³/mol. The van der Waals surface area contributed by atoms with Crippen molar-refractivity contribution in [3.63, 3.8) is 0 Å². The van der Waals surface area contributed by atoms with Crippen LogP contribution in [-0.4, -0.2) is 21.7 Å². The number of aromatic nitrogens is 3. The highest BCUT2D eigenvalue weighted by Crippen LogP contribution is 2.29. The summed E-state index contributed by atoms with van der Waals surface area (Å²) in [5.41, 5.74) is 3.74. The van der Waals surface area contributed by atoms with E-state index in [-0.39, 0.29) is 5.56 Å². The summed E-state index contributed by atoms with van der Waals surface area (Å²) in [6, 6.07) is 23.5. The molecule has 0 spiro atoms. The standard InChI is InChI=1S/C26H21N3O3S/c1-17-7-6-10-20(13-17)24-27-28-26-29(24)25(30)23(33-26)15-19-11-12-21(22(14-19)31-2)32-16-18-8-4-3-5-9-18/h3-15H,16H2,1-2H3/b23-15-. The molecule has 2 heterocycles. The van der Waals surface area contributed by atoms with Gasteiger partial charge in [-0.1, -0.05) is 71.5 Å². The zero-order valence-electron chi connectivity index (χ0n) is 18.2. The van der Waals surface area contributed by atoms with E-state index in [1.165, 1.54) is 11.3 Å². The molecule has 0 atom stereocenters. The molecule has 5 rings (SSSR count). The summed E-state index contributed by atoms with van der Waals surface area (Å²) >= 11 is 1.31. The number of fused-ring (bicyclic) bond motifs is 1. The van der Waals surface area contributed by atoms with Crippen LogP contribution in [0.2, 0.25) is 0 Å². The van der Waals surface area contributed by atoms with E-state index in [4.69, 9.17) is 9.47 Å². The number of hydrogen-bond acceptors (Lipinski definition) is 6.